The van der Waals surface area contributed by atoms with Gasteiger partial charge in [-0.05, 0) is 25.5 Å². The third-order valence-corrected chi connectivity index (χ3v) is 2.38. The first-order valence-corrected chi connectivity index (χ1v) is 5.55. The highest BCUT2D eigenvalue weighted by Crippen LogP contribution is 2.19. The van der Waals surface area contributed by atoms with Crippen LogP contribution < -0.4 is 10.1 Å². The lowest BCUT2D eigenvalue weighted by atomic mass is 10.1. The Morgan fingerprint density at radius 2 is 2.29 bits per heavy atom. The van der Waals surface area contributed by atoms with Gasteiger partial charge in [0.05, 0.1) is 12.7 Å². The lowest BCUT2D eigenvalue weighted by Gasteiger charge is -2.09. The smallest absolute Gasteiger partial charge is 0.255 e. The molecule has 0 unspecified atom stereocenters. The highest BCUT2D eigenvalue weighted by Gasteiger charge is 2.11. The molecule has 0 saturated carbocycles. The van der Waals surface area contributed by atoms with E-state index in [0.29, 0.717) is 24.3 Å². The third kappa shape index (κ3) is 3.84. The van der Waals surface area contributed by atoms with Crippen molar-refractivity contribution in [1.29, 1.82) is 0 Å². The number of unbranched alkanes of at least 4 members (excludes halogenated alkanes) is 1. The number of ether oxygens (including phenoxy) is 1. The topological polar surface area (TPSA) is 38.3 Å². The summed E-state index contributed by atoms with van der Waals surface area (Å²) in [6.07, 6.45) is 6.60. The minimum atomic E-state index is -0.123. The number of aryl methyl sites for hydroxylation is 1. The molecule has 0 fully saturated rings. The first-order chi connectivity index (χ1) is 8.19. The average molecular weight is 231 g/mol. The van der Waals surface area contributed by atoms with E-state index < -0.39 is 0 Å². The van der Waals surface area contributed by atoms with E-state index in [1.54, 1.807) is 13.2 Å². The summed E-state index contributed by atoms with van der Waals surface area (Å²) in [6.45, 7) is 2.52. The van der Waals surface area contributed by atoms with Gasteiger partial charge in [-0.3, -0.25) is 4.79 Å². The fourth-order valence-electron chi connectivity index (χ4n) is 1.49. The molecule has 1 amide bonds. The number of benzene rings is 1. The van der Waals surface area contributed by atoms with Gasteiger partial charge < -0.3 is 10.1 Å². The fourth-order valence-corrected chi connectivity index (χ4v) is 1.49. The number of nitrogens with one attached hydrogen (secondary N) is 1. The second-order valence-corrected chi connectivity index (χ2v) is 3.77. The zero-order valence-corrected chi connectivity index (χ0v) is 10.2. The van der Waals surface area contributed by atoms with Gasteiger partial charge in [0.1, 0.15) is 5.75 Å². The van der Waals surface area contributed by atoms with Crippen LogP contribution in [0.4, 0.5) is 0 Å². The number of carbonyl (C=O) groups is 1. The van der Waals surface area contributed by atoms with Crippen LogP contribution in [0.15, 0.2) is 18.2 Å². The van der Waals surface area contributed by atoms with Gasteiger partial charge in [0.25, 0.3) is 5.91 Å². The Balaban J connectivity index is 2.68. The first kappa shape index (κ1) is 13.1. The molecule has 3 nitrogen and oxygen atoms in total. The Hall–Kier alpha value is -1.95. The third-order valence-electron chi connectivity index (χ3n) is 2.38. The van der Waals surface area contributed by atoms with Crippen LogP contribution in [-0.4, -0.2) is 19.6 Å². The minimum Gasteiger partial charge on any atom is -0.496 e. The van der Waals surface area contributed by atoms with Gasteiger partial charge in [0, 0.05) is 13.0 Å². The van der Waals surface area contributed by atoms with Crippen molar-refractivity contribution in [1.82, 2.24) is 5.32 Å². The van der Waals surface area contributed by atoms with Gasteiger partial charge in [-0.25, -0.2) is 0 Å². The zero-order valence-electron chi connectivity index (χ0n) is 10.2. The van der Waals surface area contributed by atoms with E-state index in [9.17, 15) is 4.79 Å². The molecule has 0 aromatic heterocycles. The predicted molar refractivity (Wildman–Crippen MR) is 68.1 cm³/mol. The molecule has 90 valence electrons. The maximum Gasteiger partial charge on any atom is 0.255 e. The van der Waals surface area contributed by atoms with Crippen molar-refractivity contribution < 1.29 is 9.53 Å². The zero-order chi connectivity index (χ0) is 12.7. The van der Waals surface area contributed by atoms with Gasteiger partial charge in [-0.15, -0.1) is 12.3 Å². The largest absolute Gasteiger partial charge is 0.496 e. The molecule has 0 saturated heterocycles. The number of amides is 1. The van der Waals surface area contributed by atoms with Gasteiger partial charge in [-0.1, -0.05) is 11.6 Å². The number of methoxy groups -OCH3 is 1. The highest BCUT2D eigenvalue weighted by molar-refractivity contribution is 5.97. The predicted octanol–water partition coefficient (Wildman–Crippen LogP) is 2.15. The molecule has 0 aliphatic rings. The average Bonchev–Trinajstić information content (AvgIpc) is 2.34. The molecule has 3 heteroatoms. The molecule has 1 N–H and O–H groups in total. The van der Waals surface area contributed by atoms with Crippen LogP contribution >= 0.6 is 0 Å². The molecule has 0 heterocycles. The summed E-state index contributed by atoms with van der Waals surface area (Å²) in [5.74, 6) is 3.00. The maximum absolute atomic E-state index is 11.9. The van der Waals surface area contributed by atoms with Crippen LogP contribution in [0, 0.1) is 19.3 Å². The van der Waals surface area contributed by atoms with E-state index in [2.05, 4.69) is 11.2 Å². The summed E-state index contributed by atoms with van der Waals surface area (Å²) < 4.78 is 5.16. The molecule has 17 heavy (non-hydrogen) atoms. The van der Waals surface area contributed by atoms with Crippen molar-refractivity contribution >= 4 is 5.91 Å². The van der Waals surface area contributed by atoms with Crippen LogP contribution in [0.5, 0.6) is 5.75 Å². The van der Waals surface area contributed by atoms with Gasteiger partial charge in [0.2, 0.25) is 0 Å². The molecule has 1 aromatic carbocycles. The second kappa shape index (κ2) is 6.59. The fraction of sp³-hybridized carbons (Fsp3) is 0.357. The lowest BCUT2D eigenvalue weighted by molar-refractivity contribution is 0.0950. The van der Waals surface area contributed by atoms with Crippen molar-refractivity contribution in [2.75, 3.05) is 13.7 Å². The Labute approximate surface area is 102 Å². The molecule has 0 atom stereocenters. The number of terminal acetylenes is 1. The Morgan fingerprint density at radius 3 is 2.94 bits per heavy atom. The van der Waals surface area contributed by atoms with E-state index in [1.807, 2.05) is 19.1 Å². The van der Waals surface area contributed by atoms with E-state index in [4.69, 9.17) is 11.2 Å². The second-order valence-electron chi connectivity index (χ2n) is 3.77. The molecule has 0 bridgehead atoms. The van der Waals surface area contributed by atoms with E-state index in [-0.39, 0.29) is 5.91 Å². The molecule has 1 aromatic rings. The monoisotopic (exact) mass is 231 g/mol. The Kier molecular flexibility index (Phi) is 5.09. The molecule has 0 aliphatic heterocycles. The lowest BCUT2D eigenvalue weighted by Crippen LogP contribution is -2.24. The first-order valence-electron chi connectivity index (χ1n) is 5.55. The quantitative estimate of drug-likeness (QED) is 0.623. The van der Waals surface area contributed by atoms with Crippen LogP contribution in [-0.2, 0) is 0 Å². The van der Waals surface area contributed by atoms with E-state index in [1.165, 1.54) is 0 Å². The normalized spacial score (nSPS) is 9.47. The van der Waals surface area contributed by atoms with Gasteiger partial charge in [0.15, 0.2) is 0 Å². The summed E-state index contributed by atoms with van der Waals surface area (Å²) in [4.78, 5) is 11.9. The highest BCUT2D eigenvalue weighted by atomic mass is 16.5. The van der Waals surface area contributed by atoms with Crippen LogP contribution in [0.25, 0.3) is 0 Å². The van der Waals surface area contributed by atoms with E-state index in [0.717, 1.165) is 12.0 Å². The molecular weight excluding hydrogens is 214 g/mol. The summed E-state index contributed by atoms with van der Waals surface area (Å²) in [7, 11) is 1.56. The van der Waals surface area contributed by atoms with Crippen LogP contribution in [0.2, 0.25) is 0 Å². The van der Waals surface area contributed by atoms with Crippen molar-refractivity contribution in [2.45, 2.75) is 19.8 Å². The van der Waals surface area contributed by atoms with Crippen molar-refractivity contribution in [3.8, 4) is 18.1 Å². The molecule has 0 aliphatic carbocycles. The summed E-state index contributed by atoms with van der Waals surface area (Å²) >= 11 is 0. The minimum absolute atomic E-state index is 0.123. The van der Waals surface area contributed by atoms with Crippen molar-refractivity contribution in [3.63, 3.8) is 0 Å². The maximum atomic E-state index is 11.9. The molecule has 1 rings (SSSR count). The van der Waals surface area contributed by atoms with Gasteiger partial charge >= 0.3 is 0 Å². The molecular formula is C14H17NO2. The Morgan fingerprint density at radius 1 is 1.53 bits per heavy atom. The van der Waals surface area contributed by atoms with Crippen molar-refractivity contribution in [3.05, 3.63) is 29.3 Å². The molecule has 0 radical (unpaired) electrons. The summed E-state index contributed by atoms with van der Waals surface area (Å²) in [6, 6.07) is 5.52. The number of carbonyl (C=O) groups excluding carboxylic acids is 1. The number of hydrogen-bond acceptors (Lipinski definition) is 2. The van der Waals surface area contributed by atoms with E-state index >= 15 is 0 Å². The Bertz CT molecular complexity index is 432. The number of rotatable bonds is 5. The molecule has 0 spiro atoms. The number of hydrogen-bond donors (Lipinski definition) is 1. The van der Waals surface area contributed by atoms with Crippen LogP contribution in [0.3, 0.4) is 0 Å². The standard InChI is InChI=1S/C14H17NO2/c1-4-5-6-9-15-14(16)12-10-11(2)7-8-13(12)17-3/h1,7-8,10H,5-6,9H2,2-3H3,(H,15,16). The van der Waals surface area contributed by atoms with Crippen molar-refractivity contribution in [2.24, 2.45) is 0 Å². The SMILES string of the molecule is C#CCCCNC(=O)c1cc(C)ccc1OC. The van der Waals surface area contributed by atoms with Crippen LogP contribution in [0.1, 0.15) is 28.8 Å². The van der Waals surface area contributed by atoms with Gasteiger partial charge in [-0.2, -0.15) is 0 Å². The summed E-state index contributed by atoms with van der Waals surface area (Å²) in [5.41, 5.74) is 1.59. The summed E-state index contributed by atoms with van der Waals surface area (Å²) in [5, 5.41) is 2.82.